The smallest absolute Gasteiger partial charge is 0.219 e. The predicted octanol–water partition coefficient (Wildman–Crippen LogP) is 3.09. The number of amidine groups is 1. The monoisotopic (exact) mass is 411 g/mol. The lowest BCUT2D eigenvalue weighted by Gasteiger charge is -2.34. The van der Waals surface area contributed by atoms with Crippen LogP contribution in [0.15, 0.2) is 35.0 Å². The highest BCUT2D eigenvalue weighted by molar-refractivity contribution is 6.36. The van der Waals surface area contributed by atoms with Crippen LogP contribution >= 0.6 is 23.2 Å². The van der Waals surface area contributed by atoms with E-state index in [0.29, 0.717) is 10.0 Å². The molecule has 0 bridgehead atoms. The fourth-order valence-corrected chi connectivity index (χ4v) is 3.32. The van der Waals surface area contributed by atoms with Crippen molar-refractivity contribution in [3.05, 3.63) is 40.0 Å². The van der Waals surface area contributed by atoms with E-state index in [0.717, 1.165) is 56.5 Å². The lowest BCUT2D eigenvalue weighted by atomic mass is 10.3. The van der Waals surface area contributed by atoms with Gasteiger partial charge in [0.05, 0.1) is 10.7 Å². The van der Waals surface area contributed by atoms with Gasteiger partial charge < -0.3 is 15.5 Å². The van der Waals surface area contributed by atoms with E-state index in [1.807, 2.05) is 24.0 Å². The Kier molecular flexibility index (Phi) is 8.41. The van der Waals surface area contributed by atoms with Crippen LogP contribution in [0.5, 0.6) is 0 Å². The molecule has 6 nitrogen and oxygen atoms in total. The third-order valence-electron chi connectivity index (χ3n) is 4.41. The Morgan fingerprint density at radius 2 is 1.93 bits per heavy atom. The van der Waals surface area contributed by atoms with Gasteiger partial charge in [-0.15, -0.1) is 0 Å². The van der Waals surface area contributed by atoms with Gasteiger partial charge in [-0.05, 0) is 31.2 Å². The molecule has 1 fully saturated rings. The number of hydrogen-bond donors (Lipinski definition) is 2. The number of carbonyl (C=O) groups is 1. The minimum absolute atomic E-state index is 0.155. The summed E-state index contributed by atoms with van der Waals surface area (Å²) in [5.74, 6) is 0.953. The normalized spacial score (nSPS) is 16.4. The molecule has 1 aliphatic rings. The van der Waals surface area contributed by atoms with Gasteiger partial charge in [0, 0.05) is 64.0 Å². The van der Waals surface area contributed by atoms with Gasteiger partial charge in [-0.3, -0.25) is 14.7 Å². The molecule has 1 heterocycles. The van der Waals surface area contributed by atoms with E-state index in [1.165, 1.54) is 0 Å². The summed E-state index contributed by atoms with van der Waals surface area (Å²) in [6.45, 7) is 8.70. The number of nitrogens with one attached hydrogen (secondary N) is 2. The number of halogens is 2. The maximum Gasteiger partial charge on any atom is 0.219 e. The molecule has 0 unspecified atom stereocenters. The number of rotatable bonds is 6. The molecule has 0 aliphatic carbocycles. The molecule has 2 N–H and O–H groups in total. The van der Waals surface area contributed by atoms with Crippen molar-refractivity contribution >= 4 is 40.6 Å². The van der Waals surface area contributed by atoms with Crippen molar-refractivity contribution in [3.63, 3.8) is 0 Å². The zero-order valence-electron chi connectivity index (χ0n) is 16.1. The van der Waals surface area contributed by atoms with E-state index in [1.54, 1.807) is 26.1 Å². The molecule has 1 saturated heterocycles. The first kappa shape index (κ1) is 21.5. The molecule has 0 spiro atoms. The second-order valence-electron chi connectivity index (χ2n) is 6.46. The quantitative estimate of drug-likeness (QED) is 0.557. The number of benzene rings is 1. The second kappa shape index (κ2) is 10.5. The van der Waals surface area contributed by atoms with Crippen molar-refractivity contribution in [2.24, 2.45) is 4.99 Å². The van der Waals surface area contributed by atoms with Crippen LogP contribution in [-0.2, 0) is 4.79 Å². The molecule has 0 radical (unpaired) electrons. The highest BCUT2D eigenvalue weighted by Gasteiger charge is 2.17. The van der Waals surface area contributed by atoms with E-state index in [2.05, 4.69) is 20.5 Å². The van der Waals surface area contributed by atoms with Crippen molar-refractivity contribution < 1.29 is 4.79 Å². The van der Waals surface area contributed by atoms with Gasteiger partial charge in [0.15, 0.2) is 0 Å². The zero-order chi connectivity index (χ0) is 19.8. The van der Waals surface area contributed by atoms with Gasteiger partial charge in [0.1, 0.15) is 5.84 Å². The SMILES string of the molecule is CN=C(/C=C(/C)Nc1ccc(Cl)cc1Cl)NCCN1CCN(C(C)=O)CC1. The van der Waals surface area contributed by atoms with Crippen LogP contribution < -0.4 is 10.6 Å². The Labute approximate surface area is 171 Å². The van der Waals surface area contributed by atoms with Crippen molar-refractivity contribution in [3.8, 4) is 0 Å². The van der Waals surface area contributed by atoms with Crippen LogP contribution in [0.3, 0.4) is 0 Å². The molecular weight excluding hydrogens is 385 g/mol. The third-order valence-corrected chi connectivity index (χ3v) is 4.96. The molecule has 1 aromatic rings. The fraction of sp³-hybridized carbons (Fsp3) is 0.474. The number of piperazine rings is 1. The van der Waals surface area contributed by atoms with Crippen LogP contribution in [0.2, 0.25) is 10.0 Å². The molecule has 8 heteroatoms. The molecule has 0 aromatic heterocycles. The number of carbonyl (C=O) groups excluding carboxylic acids is 1. The Balaban J connectivity index is 1.79. The fourth-order valence-electron chi connectivity index (χ4n) is 2.87. The Morgan fingerprint density at radius 1 is 1.22 bits per heavy atom. The van der Waals surface area contributed by atoms with Gasteiger partial charge in [0.25, 0.3) is 0 Å². The summed E-state index contributed by atoms with van der Waals surface area (Å²) in [6.07, 6.45) is 1.94. The van der Waals surface area contributed by atoms with E-state index in [4.69, 9.17) is 23.2 Å². The number of anilines is 1. The average molecular weight is 412 g/mol. The lowest BCUT2D eigenvalue weighted by molar-refractivity contribution is -0.130. The maximum atomic E-state index is 11.4. The van der Waals surface area contributed by atoms with Crippen molar-refractivity contribution in [2.45, 2.75) is 13.8 Å². The van der Waals surface area contributed by atoms with Gasteiger partial charge in [-0.1, -0.05) is 23.2 Å². The summed E-state index contributed by atoms with van der Waals surface area (Å²) in [5.41, 5.74) is 1.72. The highest BCUT2D eigenvalue weighted by atomic mass is 35.5. The summed E-state index contributed by atoms with van der Waals surface area (Å²) < 4.78 is 0. The molecule has 0 atom stereocenters. The summed E-state index contributed by atoms with van der Waals surface area (Å²) >= 11 is 12.1. The third kappa shape index (κ3) is 7.05. The van der Waals surface area contributed by atoms with Crippen LogP contribution in [0.1, 0.15) is 13.8 Å². The number of aliphatic imine (C=N–C) groups is 1. The second-order valence-corrected chi connectivity index (χ2v) is 7.30. The zero-order valence-corrected chi connectivity index (χ0v) is 17.6. The minimum atomic E-state index is 0.155. The maximum absolute atomic E-state index is 11.4. The first-order chi connectivity index (χ1) is 12.9. The van der Waals surface area contributed by atoms with Gasteiger partial charge in [-0.2, -0.15) is 0 Å². The molecule has 2 rings (SSSR count). The van der Waals surface area contributed by atoms with Crippen LogP contribution in [0.25, 0.3) is 0 Å². The molecule has 0 saturated carbocycles. The van der Waals surface area contributed by atoms with Gasteiger partial charge >= 0.3 is 0 Å². The first-order valence-electron chi connectivity index (χ1n) is 8.98. The molecule has 1 amide bonds. The number of amides is 1. The first-order valence-corrected chi connectivity index (χ1v) is 9.73. The summed E-state index contributed by atoms with van der Waals surface area (Å²) in [6, 6.07) is 5.35. The molecule has 1 aromatic carbocycles. The van der Waals surface area contributed by atoms with Crippen molar-refractivity contribution in [1.82, 2.24) is 15.1 Å². The molecule has 1 aliphatic heterocycles. The summed E-state index contributed by atoms with van der Waals surface area (Å²) in [5, 5.41) is 7.79. The topological polar surface area (TPSA) is 60.0 Å². The van der Waals surface area contributed by atoms with E-state index >= 15 is 0 Å². The van der Waals surface area contributed by atoms with Crippen molar-refractivity contribution in [2.75, 3.05) is 51.6 Å². The van der Waals surface area contributed by atoms with Crippen molar-refractivity contribution in [1.29, 1.82) is 0 Å². The molecule has 148 valence electrons. The van der Waals surface area contributed by atoms with Gasteiger partial charge in [-0.25, -0.2) is 0 Å². The van der Waals surface area contributed by atoms with Crippen LogP contribution in [-0.4, -0.2) is 67.9 Å². The van der Waals surface area contributed by atoms with Gasteiger partial charge in [0.2, 0.25) is 5.91 Å². The molecular formula is C19H27Cl2N5O. The largest absolute Gasteiger partial charge is 0.369 e. The Bertz CT molecular complexity index is 712. The summed E-state index contributed by atoms with van der Waals surface area (Å²) in [4.78, 5) is 19.9. The summed E-state index contributed by atoms with van der Waals surface area (Å²) in [7, 11) is 1.76. The minimum Gasteiger partial charge on any atom is -0.369 e. The lowest BCUT2D eigenvalue weighted by Crippen LogP contribution is -2.49. The number of nitrogens with zero attached hydrogens (tertiary/aromatic N) is 3. The Morgan fingerprint density at radius 3 is 2.52 bits per heavy atom. The average Bonchev–Trinajstić information content (AvgIpc) is 2.63. The van der Waals surface area contributed by atoms with Crippen LogP contribution in [0, 0.1) is 0 Å². The predicted molar refractivity (Wildman–Crippen MR) is 114 cm³/mol. The van der Waals surface area contributed by atoms with E-state index in [-0.39, 0.29) is 5.91 Å². The Hall–Kier alpha value is -1.76. The van der Waals surface area contributed by atoms with E-state index in [9.17, 15) is 4.79 Å². The highest BCUT2D eigenvalue weighted by Crippen LogP contribution is 2.26. The number of hydrogen-bond acceptors (Lipinski definition) is 4. The standard InChI is InChI=1S/C19H27Cl2N5O/c1-14(24-18-5-4-16(20)13-17(18)21)12-19(22-3)23-6-7-25-8-10-26(11-9-25)15(2)27/h4-5,12-13,24H,6-11H2,1-3H3,(H,22,23)/b14-12-. The van der Waals surface area contributed by atoms with E-state index < -0.39 is 0 Å². The molecule has 27 heavy (non-hydrogen) atoms. The number of allylic oxidation sites excluding steroid dienone is 1. The van der Waals surface area contributed by atoms with Crippen LogP contribution in [0.4, 0.5) is 5.69 Å².